The van der Waals surface area contributed by atoms with E-state index < -0.39 is 0 Å². The molecule has 27 heavy (non-hydrogen) atoms. The number of benzene rings is 2. The van der Waals surface area contributed by atoms with Crippen molar-refractivity contribution in [1.82, 2.24) is 15.0 Å². The number of nitrogens with zero attached hydrogens (tertiary/aromatic N) is 3. The highest BCUT2D eigenvalue weighted by Gasteiger charge is 2.34. The van der Waals surface area contributed by atoms with Crippen LogP contribution in [0.1, 0.15) is 41.8 Å². The van der Waals surface area contributed by atoms with Gasteiger partial charge in [-0.1, -0.05) is 60.1 Å². The SMILES string of the molecule is CCc1ccc(CN2CC(c3nc(-c4cccc(C)c4)no3)CC2=O)cc1. The summed E-state index contributed by atoms with van der Waals surface area (Å²) in [4.78, 5) is 18.9. The van der Waals surface area contributed by atoms with E-state index >= 15 is 0 Å². The Bertz CT molecular complexity index is 946. The van der Waals surface area contributed by atoms with Crippen LogP contribution < -0.4 is 0 Å². The molecule has 1 aliphatic heterocycles. The van der Waals surface area contributed by atoms with Crippen molar-refractivity contribution in [2.45, 2.75) is 39.2 Å². The lowest BCUT2D eigenvalue weighted by molar-refractivity contribution is -0.128. The molecule has 5 nitrogen and oxygen atoms in total. The summed E-state index contributed by atoms with van der Waals surface area (Å²) >= 11 is 0. The van der Waals surface area contributed by atoms with Crippen LogP contribution in [0.15, 0.2) is 53.1 Å². The van der Waals surface area contributed by atoms with Gasteiger partial charge in [-0.25, -0.2) is 0 Å². The van der Waals surface area contributed by atoms with Crippen molar-refractivity contribution in [3.8, 4) is 11.4 Å². The molecule has 1 fully saturated rings. The van der Waals surface area contributed by atoms with E-state index in [9.17, 15) is 4.79 Å². The number of aryl methyl sites for hydroxylation is 2. The lowest BCUT2D eigenvalue weighted by Gasteiger charge is -2.16. The molecule has 5 heteroatoms. The van der Waals surface area contributed by atoms with E-state index in [1.165, 1.54) is 5.56 Å². The zero-order valence-corrected chi connectivity index (χ0v) is 15.7. The molecule has 0 spiro atoms. The number of carbonyl (C=O) groups excluding carboxylic acids is 1. The minimum Gasteiger partial charge on any atom is -0.339 e. The summed E-state index contributed by atoms with van der Waals surface area (Å²) < 4.78 is 5.48. The number of hydrogen-bond acceptors (Lipinski definition) is 4. The zero-order chi connectivity index (χ0) is 18.8. The lowest BCUT2D eigenvalue weighted by atomic mass is 10.1. The van der Waals surface area contributed by atoms with Gasteiger partial charge in [-0.3, -0.25) is 4.79 Å². The average molecular weight is 361 g/mol. The zero-order valence-electron chi connectivity index (χ0n) is 15.7. The predicted molar refractivity (Wildman–Crippen MR) is 103 cm³/mol. The van der Waals surface area contributed by atoms with E-state index in [4.69, 9.17) is 4.52 Å². The van der Waals surface area contributed by atoms with Gasteiger partial charge in [-0.15, -0.1) is 0 Å². The molecule has 1 aliphatic rings. The molecule has 2 aromatic carbocycles. The second kappa shape index (κ2) is 7.35. The Kier molecular flexibility index (Phi) is 4.75. The quantitative estimate of drug-likeness (QED) is 0.686. The largest absolute Gasteiger partial charge is 0.339 e. The molecular weight excluding hydrogens is 338 g/mol. The Balaban J connectivity index is 1.46. The summed E-state index contributed by atoms with van der Waals surface area (Å²) in [6.07, 6.45) is 1.44. The summed E-state index contributed by atoms with van der Waals surface area (Å²) in [6, 6.07) is 16.5. The fourth-order valence-electron chi connectivity index (χ4n) is 3.49. The van der Waals surface area contributed by atoms with E-state index in [2.05, 4.69) is 41.3 Å². The fraction of sp³-hybridized carbons (Fsp3) is 0.318. The summed E-state index contributed by atoms with van der Waals surface area (Å²) in [6.45, 7) is 5.41. The van der Waals surface area contributed by atoms with Gasteiger partial charge in [0.25, 0.3) is 0 Å². The van der Waals surface area contributed by atoms with Crippen molar-refractivity contribution < 1.29 is 9.32 Å². The highest BCUT2D eigenvalue weighted by molar-refractivity contribution is 5.79. The molecule has 1 aromatic heterocycles. The predicted octanol–water partition coefficient (Wildman–Crippen LogP) is 4.12. The number of rotatable bonds is 5. The maximum atomic E-state index is 12.4. The number of carbonyl (C=O) groups is 1. The number of hydrogen-bond donors (Lipinski definition) is 0. The van der Waals surface area contributed by atoms with Gasteiger partial charge in [0.15, 0.2) is 0 Å². The van der Waals surface area contributed by atoms with Crippen molar-refractivity contribution in [3.05, 3.63) is 71.1 Å². The van der Waals surface area contributed by atoms with Crippen molar-refractivity contribution >= 4 is 5.91 Å². The molecule has 3 aromatic rings. The van der Waals surface area contributed by atoms with E-state index in [1.807, 2.05) is 36.1 Å². The van der Waals surface area contributed by atoms with Gasteiger partial charge in [0.05, 0.1) is 5.92 Å². The molecule has 1 amide bonds. The summed E-state index contributed by atoms with van der Waals surface area (Å²) in [5.74, 6) is 1.21. The normalized spacial score (nSPS) is 16.9. The Morgan fingerprint density at radius 1 is 1.15 bits per heavy atom. The Morgan fingerprint density at radius 3 is 2.67 bits per heavy atom. The molecule has 1 saturated heterocycles. The molecule has 4 rings (SSSR count). The third-order valence-corrected chi connectivity index (χ3v) is 5.09. The van der Waals surface area contributed by atoms with Crippen LogP contribution >= 0.6 is 0 Å². The molecular formula is C22H23N3O2. The summed E-state index contributed by atoms with van der Waals surface area (Å²) in [7, 11) is 0. The molecule has 0 saturated carbocycles. The summed E-state index contributed by atoms with van der Waals surface area (Å²) in [5, 5.41) is 4.11. The third kappa shape index (κ3) is 3.77. The first-order valence-electron chi connectivity index (χ1n) is 9.38. The topological polar surface area (TPSA) is 59.2 Å². The van der Waals surface area contributed by atoms with Crippen molar-refractivity contribution in [1.29, 1.82) is 0 Å². The standard InChI is InChI=1S/C22H23N3O2/c1-3-16-7-9-17(10-8-16)13-25-14-19(12-20(25)26)22-23-21(24-27-22)18-6-4-5-15(2)11-18/h4-11,19H,3,12-14H2,1-2H3. The first kappa shape index (κ1) is 17.5. The highest BCUT2D eigenvalue weighted by atomic mass is 16.5. The smallest absolute Gasteiger partial charge is 0.232 e. The second-order valence-corrected chi connectivity index (χ2v) is 7.17. The van der Waals surface area contributed by atoms with Crippen LogP contribution in [-0.4, -0.2) is 27.5 Å². The van der Waals surface area contributed by atoms with Gasteiger partial charge in [-0.05, 0) is 30.5 Å². The van der Waals surface area contributed by atoms with Crippen LogP contribution in [0, 0.1) is 6.92 Å². The lowest BCUT2D eigenvalue weighted by Crippen LogP contribution is -2.24. The van der Waals surface area contributed by atoms with Gasteiger partial charge >= 0.3 is 0 Å². The average Bonchev–Trinajstić information content (AvgIpc) is 3.30. The number of aromatic nitrogens is 2. The van der Waals surface area contributed by atoms with Crippen LogP contribution in [0.25, 0.3) is 11.4 Å². The van der Waals surface area contributed by atoms with Gasteiger partial charge in [0.2, 0.25) is 17.6 Å². The van der Waals surface area contributed by atoms with Crippen molar-refractivity contribution in [3.63, 3.8) is 0 Å². The van der Waals surface area contributed by atoms with E-state index in [-0.39, 0.29) is 11.8 Å². The van der Waals surface area contributed by atoms with Gasteiger partial charge in [-0.2, -0.15) is 4.98 Å². The second-order valence-electron chi connectivity index (χ2n) is 7.17. The molecule has 0 N–H and O–H groups in total. The maximum absolute atomic E-state index is 12.4. The molecule has 138 valence electrons. The van der Waals surface area contributed by atoms with Crippen molar-refractivity contribution in [2.24, 2.45) is 0 Å². The Hall–Kier alpha value is -2.95. The van der Waals surface area contributed by atoms with Crippen LogP contribution in [0.4, 0.5) is 0 Å². The van der Waals surface area contributed by atoms with Crippen molar-refractivity contribution in [2.75, 3.05) is 6.54 Å². The van der Waals surface area contributed by atoms with E-state index in [0.717, 1.165) is 23.1 Å². The van der Waals surface area contributed by atoms with Crippen LogP contribution in [0.3, 0.4) is 0 Å². The van der Waals surface area contributed by atoms with Crippen LogP contribution in [0.2, 0.25) is 0 Å². The first-order chi connectivity index (χ1) is 13.1. The molecule has 1 unspecified atom stereocenters. The Morgan fingerprint density at radius 2 is 1.93 bits per heavy atom. The molecule has 0 radical (unpaired) electrons. The van der Waals surface area contributed by atoms with E-state index in [1.54, 1.807) is 0 Å². The number of likely N-dealkylation sites (tertiary alicyclic amines) is 1. The minimum atomic E-state index is -0.0431. The molecule has 0 aliphatic carbocycles. The Labute approximate surface area is 159 Å². The maximum Gasteiger partial charge on any atom is 0.232 e. The monoisotopic (exact) mass is 361 g/mol. The van der Waals surface area contributed by atoms with Gasteiger partial charge in [0, 0.05) is 25.1 Å². The molecule has 0 bridgehead atoms. The van der Waals surface area contributed by atoms with Gasteiger partial charge in [0.1, 0.15) is 0 Å². The minimum absolute atomic E-state index is 0.0431. The van der Waals surface area contributed by atoms with Gasteiger partial charge < -0.3 is 9.42 Å². The molecule has 1 atom stereocenters. The molecule has 2 heterocycles. The van der Waals surface area contributed by atoms with Crippen LogP contribution in [0.5, 0.6) is 0 Å². The highest BCUT2D eigenvalue weighted by Crippen LogP contribution is 2.29. The van der Waals surface area contributed by atoms with Crippen LogP contribution in [-0.2, 0) is 17.8 Å². The third-order valence-electron chi connectivity index (χ3n) is 5.09. The number of amides is 1. The van der Waals surface area contributed by atoms with E-state index in [0.29, 0.717) is 31.2 Å². The summed E-state index contributed by atoms with van der Waals surface area (Å²) in [5.41, 5.74) is 4.53. The fourth-order valence-corrected chi connectivity index (χ4v) is 3.49. The first-order valence-corrected chi connectivity index (χ1v) is 9.38.